The molecule has 0 bridgehead atoms. The second-order valence-electron chi connectivity index (χ2n) is 4.54. The minimum atomic E-state index is -0.608. The molecule has 1 heterocycles. The van der Waals surface area contributed by atoms with Crippen molar-refractivity contribution in [3.05, 3.63) is 58.9 Å². The third-order valence-corrected chi connectivity index (χ3v) is 3.10. The molecule has 0 unspecified atom stereocenters. The topological polar surface area (TPSA) is 62.4 Å². The highest BCUT2D eigenvalue weighted by molar-refractivity contribution is 6.30. The number of benzene rings is 1. The summed E-state index contributed by atoms with van der Waals surface area (Å²) in [7, 11) is 1.66. The van der Waals surface area contributed by atoms with Gasteiger partial charge in [-0.15, -0.1) is 0 Å². The van der Waals surface area contributed by atoms with Crippen LogP contribution < -0.4 is 0 Å². The molecule has 0 aliphatic heterocycles. The number of carbonyl (C=O) groups excluding carboxylic acids is 2. The summed E-state index contributed by atoms with van der Waals surface area (Å²) in [6.07, 6.45) is 1.47. The Morgan fingerprint density at radius 3 is 2.62 bits per heavy atom. The molecule has 2 aromatic rings. The number of halogens is 1. The van der Waals surface area contributed by atoms with Gasteiger partial charge in [-0.05, 0) is 11.6 Å². The number of nitrogens with zero attached hydrogens (tertiary/aromatic N) is 1. The van der Waals surface area contributed by atoms with Crippen molar-refractivity contribution in [2.75, 3.05) is 13.7 Å². The maximum Gasteiger partial charge on any atom is 0.355 e. The molecule has 0 spiro atoms. The SMILES string of the molecule is CN(Cc1ccccc1)C(=O)COC(=O)c1cc(Cl)c[nH]1. The summed E-state index contributed by atoms with van der Waals surface area (Å²) >= 11 is 5.69. The third-order valence-electron chi connectivity index (χ3n) is 2.88. The van der Waals surface area contributed by atoms with Gasteiger partial charge in [-0.1, -0.05) is 41.9 Å². The van der Waals surface area contributed by atoms with Crippen LogP contribution >= 0.6 is 11.6 Å². The van der Waals surface area contributed by atoms with Crippen molar-refractivity contribution >= 4 is 23.5 Å². The molecule has 0 saturated carbocycles. The molecule has 1 aromatic heterocycles. The Labute approximate surface area is 127 Å². The minimum absolute atomic E-state index is 0.221. The molecule has 21 heavy (non-hydrogen) atoms. The van der Waals surface area contributed by atoms with Gasteiger partial charge in [-0.25, -0.2) is 4.79 Å². The van der Waals surface area contributed by atoms with Gasteiger partial charge in [0.1, 0.15) is 5.69 Å². The number of rotatable bonds is 5. The molecular weight excluding hydrogens is 292 g/mol. The summed E-state index contributed by atoms with van der Waals surface area (Å²) in [6.45, 7) is 0.157. The average Bonchev–Trinajstić information content (AvgIpc) is 2.92. The predicted octanol–water partition coefficient (Wildman–Crippen LogP) is 2.48. The van der Waals surface area contributed by atoms with E-state index >= 15 is 0 Å². The number of likely N-dealkylation sites (N-methyl/N-ethyl adjacent to an activating group) is 1. The van der Waals surface area contributed by atoms with Crippen LogP contribution in [0.4, 0.5) is 0 Å². The lowest BCUT2D eigenvalue weighted by Gasteiger charge is -2.17. The Morgan fingerprint density at radius 2 is 2.00 bits per heavy atom. The number of H-pyrrole nitrogens is 1. The molecule has 0 radical (unpaired) electrons. The van der Waals surface area contributed by atoms with Crippen molar-refractivity contribution in [3.63, 3.8) is 0 Å². The van der Waals surface area contributed by atoms with Gasteiger partial charge in [0.2, 0.25) is 0 Å². The smallest absolute Gasteiger partial charge is 0.355 e. The van der Waals surface area contributed by atoms with Crippen molar-refractivity contribution in [3.8, 4) is 0 Å². The van der Waals surface area contributed by atoms with E-state index in [1.54, 1.807) is 7.05 Å². The van der Waals surface area contributed by atoms with Gasteiger partial charge in [0.15, 0.2) is 6.61 Å². The molecule has 5 nitrogen and oxygen atoms in total. The lowest BCUT2D eigenvalue weighted by atomic mass is 10.2. The van der Waals surface area contributed by atoms with E-state index in [9.17, 15) is 9.59 Å². The van der Waals surface area contributed by atoms with Crippen LogP contribution in [0, 0.1) is 0 Å². The molecule has 1 aromatic carbocycles. The van der Waals surface area contributed by atoms with Crippen LogP contribution in [-0.4, -0.2) is 35.4 Å². The predicted molar refractivity (Wildman–Crippen MR) is 79.0 cm³/mol. The number of aromatic amines is 1. The quantitative estimate of drug-likeness (QED) is 0.863. The van der Waals surface area contributed by atoms with Crippen molar-refractivity contribution in [1.29, 1.82) is 0 Å². The summed E-state index contributed by atoms with van der Waals surface area (Å²) in [6, 6.07) is 11.0. The Balaban J connectivity index is 1.82. The zero-order valence-electron chi connectivity index (χ0n) is 11.5. The second kappa shape index (κ2) is 6.95. The number of carbonyl (C=O) groups is 2. The fourth-order valence-corrected chi connectivity index (χ4v) is 1.91. The van der Waals surface area contributed by atoms with Crippen LogP contribution in [0.2, 0.25) is 5.02 Å². The van der Waals surface area contributed by atoms with E-state index in [2.05, 4.69) is 4.98 Å². The van der Waals surface area contributed by atoms with Crippen LogP contribution in [0.1, 0.15) is 16.1 Å². The molecule has 0 saturated heterocycles. The molecule has 2 rings (SSSR count). The molecule has 0 aliphatic rings. The summed E-state index contributed by atoms with van der Waals surface area (Å²) in [5.74, 6) is -0.881. The lowest BCUT2D eigenvalue weighted by Crippen LogP contribution is -2.30. The molecule has 110 valence electrons. The first-order chi connectivity index (χ1) is 10.1. The number of ether oxygens (including phenoxy) is 1. The maximum atomic E-state index is 11.9. The minimum Gasteiger partial charge on any atom is -0.451 e. The molecule has 1 N–H and O–H groups in total. The van der Waals surface area contributed by atoms with Crippen LogP contribution in [-0.2, 0) is 16.1 Å². The number of esters is 1. The normalized spacial score (nSPS) is 10.2. The average molecular weight is 307 g/mol. The number of aromatic nitrogens is 1. The van der Waals surface area contributed by atoms with Gasteiger partial charge >= 0.3 is 5.97 Å². The van der Waals surface area contributed by atoms with Gasteiger partial charge in [0.05, 0.1) is 5.02 Å². The number of nitrogens with one attached hydrogen (secondary N) is 1. The zero-order valence-corrected chi connectivity index (χ0v) is 12.3. The first-order valence-corrected chi connectivity index (χ1v) is 6.73. The summed E-state index contributed by atoms with van der Waals surface area (Å²) < 4.78 is 4.94. The van der Waals surface area contributed by atoms with E-state index in [0.29, 0.717) is 11.6 Å². The van der Waals surface area contributed by atoms with Gasteiger partial charge < -0.3 is 14.6 Å². The largest absolute Gasteiger partial charge is 0.451 e. The van der Waals surface area contributed by atoms with Crippen molar-refractivity contribution in [2.24, 2.45) is 0 Å². The van der Waals surface area contributed by atoms with E-state index in [1.165, 1.54) is 17.2 Å². The summed E-state index contributed by atoms with van der Waals surface area (Å²) in [4.78, 5) is 27.7. The highest BCUT2D eigenvalue weighted by Gasteiger charge is 2.14. The van der Waals surface area contributed by atoms with Gasteiger partial charge in [-0.3, -0.25) is 4.79 Å². The number of amides is 1. The van der Waals surface area contributed by atoms with Crippen LogP contribution in [0.5, 0.6) is 0 Å². The Hall–Kier alpha value is -2.27. The summed E-state index contributed by atoms with van der Waals surface area (Å²) in [5.41, 5.74) is 1.23. The van der Waals surface area contributed by atoms with Crippen LogP contribution in [0.3, 0.4) is 0 Å². The lowest BCUT2D eigenvalue weighted by molar-refractivity contribution is -0.133. The number of hydrogen-bond donors (Lipinski definition) is 1. The molecule has 0 atom stereocenters. The van der Waals surface area contributed by atoms with Gasteiger partial charge in [0, 0.05) is 19.8 Å². The first-order valence-electron chi connectivity index (χ1n) is 6.35. The van der Waals surface area contributed by atoms with Gasteiger partial charge in [0.25, 0.3) is 5.91 Å². The van der Waals surface area contributed by atoms with Crippen LogP contribution in [0.15, 0.2) is 42.6 Å². The first kappa shape index (κ1) is 15.1. The van der Waals surface area contributed by atoms with E-state index < -0.39 is 5.97 Å². The highest BCUT2D eigenvalue weighted by atomic mass is 35.5. The zero-order chi connectivity index (χ0) is 15.2. The van der Waals surface area contributed by atoms with Crippen molar-refractivity contribution in [2.45, 2.75) is 6.54 Å². The second-order valence-corrected chi connectivity index (χ2v) is 4.98. The third kappa shape index (κ3) is 4.36. The molecule has 6 heteroatoms. The van der Waals surface area contributed by atoms with Gasteiger partial charge in [-0.2, -0.15) is 0 Å². The Kier molecular flexibility index (Phi) is 5.00. The van der Waals surface area contributed by atoms with E-state index in [1.807, 2.05) is 30.3 Å². The molecule has 0 fully saturated rings. The van der Waals surface area contributed by atoms with E-state index in [4.69, 9.17) is 16.3 Å². The van der Waals surface area contributed by atoms with E-state index in [-0.39, 0.29) is 18.2 Å². The molecule has 1 amide bonds. The van der Waals surface area contributed by atoms with Crippen molar-refractivity contribution in [1.82, 2.24) is 9.88 Å². The fraction of sp³-hybridized carbons (Fsp3) is 0.200. The molecule has 0 aliphatic carbocycles. The monoisotopic (exact) mass is 306 g/mol. The van der Waals surface area contributed by atoms with Crippen molar-refractivity contribution < 1.29 is 14.3 Å². The Bertz CT molecular complexity index is 625. The Morgan fingerprint density at radius 1 is 1.29 bits per heavy atom. The van der Waals surface area contributed by atoms with Crippen LogP contribution in [0.25, 0.3) is 0 Å². The standard InChI is InChI=1S/C15H15ClN2O3/c1-18(9-11-5-3-2-4-6-11)14(19)10-21-15(20)13-7-12(16)8-17-13/h2-8,17H,9-10H2,1H3. The molecular formula is C15H15ClN2O3. The van der Waals surface area contributed by atoms with E-state index in [0.717, 1.165) is 5.56 Å². The maximum absolute atomic E-state index is 11.9. The number of hydrogen-bond acceptors (Lipinski definition) is 3. The fourth-order valence-electron chi connectivity index (χ4n) is 1.75. The summed E-state index contributed by atoms with van der Waals surface area (Å²) in [5, 5.41) is 0.412. The highest BCUT2D eigenvalue weighted by Crippen LogP contribution is 2.10.